The fourth-order valence-corrected chi connectivity index (χ4v) is 3.59. The van der Waals surface area contributed by atoms with Gasteiger partial charge in [0.15, 0.2) is 0 Å². The Labute approximate surface area is 125 Å². The van der Waals surface area contributed by atoms with Gasteiger partial charge in [0.05, 0.1) is 18.1 Å². The summed E-state index contributed by atoms with van der Waals surface area (Å²) in [6.07, 6.45) is 4.81. The van der Waals surface area contributed by atoms with Crippen molar-refractivity contribution in [3.63, 3.8) is 0 Å². The van der Waals surface area contributed by atoms with Gasteiger partial charge in [-0.05, 0) is 37.2 Å². The maximum atomic E-state index is 10.7. The summed E-state index contributed by atoms with van der Waals surface area (Å²) in [7, 11) is 0. The molecule has 1 heterocycles. The van der Waals surface area contributed by atoms with Gasteiger partial charge in [-0.15, -0.1) is 0 Å². The van der Waals surface area contributed by atoms with Gasteiger partial charge in [-0.2, -0.15) is 0 Å². The predicted octanol–water partition coefficient (Wildman–Crippen LogP) is 2.95. The zero-order valence-electron chi connectivity index (χ0n) is 12.2. The highest BCUT2D eigenvalue weighted by Crippen LogP contribution is 2.35. The maximum Gasteiger partial charge on any atom is 0.269 e. The second-order valence-electron chi connectivity index (χ2n) is 6.00. The summed E-state index contributed by atoms with van der Waals surface area (Å²) in [6, 6.07) is 7.81. The van der Waals surface area contributed by atoms with Gasteiger partial charge in [-0.1, -0.05) is 12.1 Å². The Hall–Kier alpha value is -1.46. The monoisotopic (exact) mass is 290 g/mol. The standard InChI is InChI=1S/C16H22N2O3/c19-18(20)16-7-3-14(4-8-16)13-1-5-15(6-2-13)17-9-11-21-12-10-17/h3-4,7-8,13,15H,1-2,5-6,9-12H2. The molecule has 0 N–H and O–H groups in total. The van der Waals surface area contributed by atoms with Crippen LogP contribution in [0, 0.1) is 10.1 Å². The molecule has 1 aromatic carbocycles. The van der Waals surface area contributed by atoms with Crippen LogP contribution in [0.15, 0.2) is 24.3 Å². The summed E-state index contributed by atoms with van der Waals surface area (Å²) >= 11 is 0. The Bertz CT molecular complexity index is 475. The first-order valence-corrected chi connectivity index (χ1v) is 7.80. The van der Waals surface area contributed by atoms with E-state index in [0.29, 0.717) is 12.0 Å². The molecule has 21 heavy (non-hydrogen) atoms. The highest BCUT2D eigenvalue weighted by Gasteiger charge is 2.27. The molecule has 0 unspecified atom stereocenters. The summed E-state index contributed by atoms with van der Waals surface area (Å²) in [5.41, 5.74) is 1.43. The molecule has 0 spiro atoms. The molecular weight excluding hydrogens is 268 g/mol. The number of rotatable bonds is 3. The van der Waals surface area contributed by atoms with Crippen molar-refractivity contribution in [1.29, 1.82) is 0 Å². The molecule has 2 aliphatic rings. The van der Waals surface area contributed by atoms with Crippen molar-refractivity contribution >= 4 is 5.69 Å². The molecule has 0 atom stereocenters. The van der Waals surface area contributed by atoms with Crippen LogP contribution in [0.25, 0.3) is 0 Å². The lowest BCUT2D eigenvalue weighted by atomic mass is 9.81. The molecule has 114 valence electrons. The first-order chi connectivity index (χ1) is 10.2. The van der Waals surface area contributed by atoms with Crippen molar-refractivity contribution in [3.8, 4) is 0 Å². The molecule has 0 amide bonds. The average molecular weight is 290 g/mol. The molecule has 5 nitrogen and oxygen atoms in total. The molecule has 0 radical (unpaired) electrons. The van der Waals surface area contributed by atoms with Crippen molar-refractivity contribution < 1.29 is 9.66 Å². The SMILES string of the molecule is O=[N+]([O-])c1ccc(C2CCC(N3CCOCC3)CC2)cc1. The van der Waals surface area contributed by atoms with Crippen LogP contribution in [0.3, 0.4) is 0 Å². The summed E-state index contributed by atoms with van der Waals surface area (Å²) in [4.78, 5) is 12.9. The van der Waals surface area contributed by atoms with Gasteiger partial charge in [0.1, 0.15) is 0 Å². The first-order valence-electron chi connectivity index (χ1n) is 7.80. The molecule has 0 aromatic heterocycles. The second kappa shape index (κ2) is 6.54. The minimum Gasteiger partial charge on any atom is -0.379 e. The Morgan fingerprint density at radius 3 is 2.24 bits per heavy atom. The molecule has 1 aliphatic heterocycles. The summed E-state index contributed by atoms with van der Waals surface area (Å²) < 4.78 is 5.41. The second-order valence-corrected chi connectivity index (χ2v) is 6.00. The van der Waals surface area contributed by atoms with E-state index in [-0.39, 0.29) is 10.6 Å². The van der Waals surface area contributed by atoms with Crippen molar-refractivity contribution in [3.05, 3.63) is 39.9 Å². The zero-order valence-corrected chi connectivity index (χ0v) is 12.2. The number of ether oxygens (including phenoxy) is 1. The number of benzene rings is 1. The first kappa shape index (κ1) is 14.5. The highest BCUT2D eigenvalue weighted by atomic mass is 16.6. The molecule has 1 aliphatic carbocycles. The third-order valence-electron chi connectivity index (χ3n) is 4.83. The maximum absolute atomic E-state index is 10.7. The average Bonchev–Trinajstić information content (AvgIpc) is 2.56. The van der Waals surface area contributed by atoms with Gasteiger partial charge >= 0.3 is 0 Å². The van der Waals surface area contributed by atoms with Gasteiger partial charge in [-0.3, -0.25) is 15.0 Å². The van der Waals surface area contributed by atoms with Gasteiger partial charge in [-0.25, -0.2) is 0 Å². The topological polar surface area (TPSA) is 55.6 Å². The van der Waals surface area contributed by atoms with E-state index in [2.05, 4.69) is 4.90 Å². The minimum atomic E-state index is -0.334. The van der Waals surface area contributed by atoms with E-state index in [1.165, 1.54) is 31.2 Å². The lowest BCUT2D eigenvalue weighted by molar-refractivity contribution is -0.384. The largest absolute Gasteiger partial charge is 0.379 e. The van der Waals surface area contributed by atoms with Gasteiger partial charge < -0.3 is 4.74 Å². The Kier molecular flexibility index (Phi) is 4.51. The lowest BCUT2D eigenvalue weighted by Crippen LogP contribution is -2.44. The molecule has 1 aromatic rings. The number of nitro groups is 1. The van der Waals surface area contributed by atoms with Crippen LogP contribution in [0.1, 0.15) is 37.2 Å². The van der Waals surface area contributed by atoms with Crippen molar-refractivity contribution in [1.82, 2.24) is 4.90 Å². The van der Waals surface area contributed by atoms with Gasteiger partial charge in [0.25, 0.3) is 5.69 Å². The number of hydrogen-bond acceptors (Lipinski definition) is 4. The van der Waals surface area contributed by atoms with E-state index in [4.69, 9.17) is 4.74 Å². The van der Waals surface area contributed by atoms with Crippen LogP contribution in [0.5, 0.6) is 0 Å². The summed E-state index contributed by atoms with van der Waals surface area (Å²) in [5, 5.41) is 10.7. The smallest absolute Gasteiger partial charge is 0.269 e. The minimum absolute atomic E-state index is 0.181. The fraction of sp³-hybridized carbons (Fsp3) is 0.625. The highest BCUT2D eigenvalue weighted by molar-refractivity contribution is 5.34. The number of nitrogens with zero attached hydrogens (tertiary/aromatic N) is 2. The molecule has 5 heteroatoms. The van der Waals surface area contributed by atoms with Crippen LogP contribution in [-0.4, -0.2) is 42.2 Å². The Morgan fingerprint density at radius 1 is 1.05 bits per heavy atom. The van der Waals surface area contributed by atoms with Crippen LogP contribution in [0.4, 0.5) is 5.69 Å². The molecule has 1 saturated carbocycles. The van der Waals surface area contributed by atoms with E-state index in [9.17, 15) is 10.1 Å². The summed E-state index contributed by atoms with van der Waals surface area (Å²) in [5.74, 6) is 0.558. The van der Waals surface area contributed by atoms with E-state index in [1.54, 1.807) is 12.1 Å². The molecule has 1 saturated heterocycles. The number of nitro benzene ring substituents is 1. The normalized spacial score (nSPS) is 27.4. The molecule has 3 rings (SSSR count). The van der Waals surface area contributed by atoms with Crippen molar-refractivity contribution in [2.45, 2.75) is 37.6 Å². The van der Waals surface area contributed by atoms with Gasteiger partial charge in [0, 0.05) is 31.3 Å². The van der Waals surface area contributed by atoms with Crippen LogP contribution in [-0.2, 0) is 4.74 Å². The van der Waals surface area contributed by atoms with E-state index >= 15 is 0 Å². The number of non-ortho nitro benzene ring substituents is 1. The van der Waals surface area contributed by atoms with E-state index in [1.807, 2.05) is 12.1 Å². The Balaban J connectivity index is 1.56. The number of hydrogen-bond donors (Lipinski definition) is 0. The van der Waals surface area contributed by atoms with Crippen molar-refractivity contribution in [2.75, 3.05) is 26.3 Å². The molecular formula is C16H22N2O3. The zero-order chi connectivity index (χ0) is 14.7. The van der Waals surface area contributed by atoms with Crippen LogP contribution < -0.4 is 0 Å². The van der Waals surface area contributed by atoms with E-state index in [0.717, 1.165) is 26.3 Å². The third kappa shape index (κ3) is 3.41. The quantitative estimate of drug-likeness (QED) is 0.634. The number of morpholine rings is 1. The van der Waals surface area contributed by atoms with Crippen LogP contribution in [0.2, 0.25) is 0 Å². The van der Waals surface area contributed by atoms with Crippen molar-refractivity contribution in [2.24, 2.45) is 0 Å². The van der Waals surface area contributed by atoms with Crippen LogP contribution >= 0.6 is 0 Å². The van der Waals surface area contributed by atoms with Gasteiger partial charge in [0.2, 0.25) is 0 Å². The van der Waals surface area contributed by atoms with E-state index < -0.39 is 0 Å². The molecule has 2 fully saturated rings. The Morgan fingerprint density at radius 2 is 1.67 bits per heavy atom. The predicted molar refractivity (Wildman–Crippen MR) is 80.5 cm³/mol. The third-order valence-corrected chi connectivity index (χ3v) is 4.83. The molecule has 0 bridgehead atoms. The fourth-order valence-electron chi connectivity index (χ4n) is 3.59. The summed E-state index contributed by atoms with van der Waals surface area (Å²) in [6.45, 7) is 3.85. The lowest BCUT2D eigenvalue weighted by Gasteiger charge is -2.38.